The van der Waals surface area contributed by atoms with Crippen molar-refractivity contribution in [2.45, 2.75) is 12.8 Å². The third-order valence-corrected chi connectivity index (χ3v) is 6.37. The van der Waals surface area contributed by atoms with Gasteiger partial charge in [-0.1, -0.05) is 41.4 Å². The molecule has 5 rings (SSSR count). The van der Waals surface area contributed by atoms with Gasteiger partial charge < -0.3 is 4.90 Å². The molecule has 0 fully saturated rings. The number of benzene rings is 2. The van der Waals surface area contributed by atoms with E-state index in [0.717, 1.165) is 41.7 Å². The summed E-state index contributed by atoms with van der Waals surface area (Å²) in [5.74, 6) is -0.209. The molecule has 0 saturated carbocycles. The number of para-hydroxylation sites is 1. The minimum atomic E-state index is -0.209. The Hall–Kier alpha value is -3.35. The van der Waals surface area contributed by atoms with Gasteiger partial charge in [0.1, 0.15) is 0 Å². The van der Waals surface area contributed by atoms with Gasteiger partial charge in [-0.05, 0) is 48.7 Å². The van der Waals surface area contributed by atoms with Crippen molar-refractivity contribution in [1.29, 1.82) is 0 Å². The van der Waals surface area contributed by atoms with E-state index in [9.17, 15) is 4.79 Å². The molecule has 1 N–H and O–H groups in total. The number of halogens is 2. The first-order chi connectivity index (χ1) is 16.4. The average molecular weight is 492 g/mol. The van der Waals surface area contributed by atoms with Crippen molar-refractivity contribution in [2.75, 3.05) is 30.5 Å². The molecule has 1 aliphatic rings. The highest BCUT2D eigenvalue weighted by molar-refractivity contribution is 6.35. The number of aromatic nitrogens is 2. The molecule has 4 aromatic rings. The molecule has 2 aromatic carbocycles. The molecule has 0 aliphatic carbocycles. The number of amides is 1. The SMILES string of the molecule is CN(C)c1c(C(=O)NN2CCCc3ccccc32)cnc2c(-c3cc(Cl)cc(Cl)c3)nccc12. The Kier molecular flexibility index (Phi) is 6.02. The van der Waals surface area contributed by atoms with E-state index in [4.69, 9.17) is 23.2 Å². The molecule has 0 spiro atoms. The quantitative estimate of drug-likeness (QED) is 0.392. The van der Waals surface area contributed by atoms with E-state index >= 15 is 0 Å². The number of anilines is 2. The number of rotatable bonds is 4. The topological polar surface area (TPSA) is 61.4 Å². The van der Waals surface area contributed by atoms with E-state index < -0.39 is 0 Å². The van der Waals surface area contributed by atoms with E-state index in [-0.39, 0.29) is 5.91 Å². The lowest BCUT2D eigenvalue weighted by molar-refractivity contribution is 0.0948. The number of hydrazine groups is 1. The monoisotopic (exact) mass is 491 g/mol. The third-order valence-electron chi connectivity index (χ3n) is 5.93. The largest absolute Gasteiger partial charge is 0.376 e. The lowest BCUT2D eigenvalue weighted by Crippen LogP contribution is -2.45. The summed E-state index contributed by atoms with van der Waals surface area (Å²) in [5.41, 5.74) is 8.70. The zero-order valence-corrected chi connectivity index (χ0v) is 20.4. The van der Waals surface area contributed by atoms with Gasteiger partial charge in [0.05, 0.1) is 28.1 Å². The van der Waals surface area contributed by atoms with Crippen LogP contribution in [0.2, 0.25) is 10.0 Å². The molecule has 0 bridgehead atoms. The minimum Gasteiger partial charge on any atom is -0.376 e. The fraction of sp³-hybridized carbons (Fsp3) is 0.192. The molecule has 2 aromatic heterocycles. The maximum absolute atomic E-state index is 13.5. The Morgan fingerprint density at radius 2 is 1.82 bits per heavy atom. The van der Waals surface area contributed by atoms with Gasteiger partial charge in [-0.3, -0.25) is 25.2 Å². The molecule has 0 atom stereocenters. The molecule has 34 heavy (non-hydrogen) atoms. The van der Waals surface area contributed by atoms with Crippen molar-refractivity contribution in [3.05, 3.63) is 82.1 Å². The van der Waals surface area contributed by atoms with Crippen LogP contribution in [0.15, 0.2) is 60.9 Å². The van der Waals surface area contributed by atoms with E-state index in [1.54, 1.807) is 30.6 Å². The number of aryl methyl sites for hydroxylation is 1. The van der Waals surface area contributed by atoms with Crippen LogP contribution in [0.4, 0.5) is 11.4 Å². The predicted octanol–water partition coefficient (Wildman–Crippen LogP) is 5.77. The van der Waals surface area contributed by atoms with E-state index in [0.29, 0.717) is 26.8 Å². The van der Waals surface area contributed by atoms with Gasteiger partial charge in [-0.15, -0.1) is 0 Å². The van der Waals surface area contributed by atoms with Crippen LogP contribution in [-0.4, -0.2) is 36.5 Å². The molecule has 172 valence electrons. The number of fused-ring (bicyclic) bond motifs is 2. The van der Waals surface area contributed by atoms with E-state index in [2.05, 4.69) is 21.5 Å². The first-order valence-corrected chi connectivity index (χ1v) is 11.8. The van der Waals surface area contributed by atoms with Crippen LogP contribution in [0, 0.1) is 0 Å². The standard InChI is InChI=1S/C26H23Cl2N5O/c1-32(2)25-20-9-10-29-23(17-12-18(27)14-19(28)13-17)24(20)30-15-21(25)26(34)31-33-11-5-7-16-6-3-4-8-22(16)33/h3-4,6,8-10,12-15H,5,7,11H2,1-2H3,(H,31,34). The van der Waals surface area contributed by atoms with Crippen LogP contribution in [0.5, 0.6) is 0 Å². The maximum atomic E-state index is 13.5. The Morgan fingerprint density at radius 3 is 2.59 bits per heavy atom. The van der Waals surface area contributed by atoms with Crippen LogP contribution < -0.4 is 15.3 Å². The zero-order valence-electron chi connectivity index (χ0n) is 18.8. The first-order valence-electron chi connectivity index (χ1n) is 11.0. The summed E-state index contributed by atoms with van der Waals surface area (Å²) in [7, 11) is 3.83. The van der Waals surface area contributed by atoms with Crippen molar-refractivity contribution in [3.63, 3.8) is 0 Å². The minimum absolute atomic E-state index is 0.209. The zero-order chi connectivity index (χ0) is 23.8. The van der Waals surface area contributed by atoms with Gasteiger partial charge in [0.2, 0.25) is 0 Å². The van der Waals surface area contributed by atoms with Crippen LogP contribution >= 0.6 is 23.2 Å². The fourth-order valence-corrected chi connectivity index (χ4v) is 5.02. The number of pyridine rings is 2. The number of carbonyl (C=O) groups excluding carboxylic acids is 1. The van der Waals surface area contributed by atoms with Gasteiger partial charge in [-0.2, -0.15) is 0 Å². The summed E-state index contributed by atoms with van der Waals surface area (Å²) in [6, 6.07) is 15.3. The van der Waals surface area contributed by atoms with Crippen LogP contribution in [0.25, 0.3) is 22.2 Å². The van der Waals surface area contributed by atoms with Crippen molar-refractivity contribution in [2.24, 2.45) is 0 Å². The van der Waals surface area contributed by atoms with Crippen molar-refractivity contribution in [1.82, 2.24) is 15.4 Å². The molecule has 8 heteroatoms. The summed E-state index contributed by atoms with van der Waals surface area (Å²) >= 11 is 12.5. The fourth-order valence-electron chi connectivity index (χ4n) is 4.49. The number of carbonyl (C=O) groups is 1. The van der Waals surface area contributed by atoms with Gasteiger partial charge >= 0.3 is 0 Å². The highest BCUT2D eigenvalue weighted by Crippen LogP contribution is 2.35. The lowest BCUT2D eigenvalue weighted by atomic mass is 10.0. The maximum Gasteiger partial charge on any atom is 0.273 e. The molecule has 0 saturated heterocycles. The first kappa shape index (κ1) is 22.4. The smallest absolute Gasteiger partial charge is 0.273 e. The van der Waals surface area contributed by atoms with Crippen molar-refractivity contribution < 1.29 is 4.79 Å². The summed E-state index contributed by atoms with van der Waals surface area (Å²) in [6.45, 7) is 0.755. The summed E-state index contributed by atoms with van der Waals surface area (Å²) in [6.07, 6.45) is 5.31. The summed E-state index contributed by atoms with van der Waals surface area (Å²) in [4.78, 5) is 24.6. The molecular formula is C26H23Cl2N5O. The normalized spacial score (nSPS) is 13.0. The van der Waals surface area contributed by atoms with Crippen molar-refractivity contribution in [3.8, 4) is 11.3 Å². The number of hydrogen-bond donors (Lipinski definition) is 1. The van der Waals surface area contributed by atoms with Gasteiger partial charge in [0, 0.05) is 54.0 Å². The van der Waals surface area contributed by atoms with Crippen LogP contribution in [0.3, 0.4) is 0 Å². The Labute approximate surface area is 208 Å². The summed E-state index contributed by atoms with van der Waals surface area (Å²) in [5, 5.41) is 3.79. The highest BCUT2D eigenvalue weighted by atomic mass is 35.5. The second-order valence-corrected chi connectivity index (χ2v) is 9.33. The molecular weight excluding hydrogens is 469 g/mol. The molecule has 3 heterocycles. The predicted molar refractivity (Wildman–Crippen MR) is 139 cm³/mol. The molecule has 0 radical (unpaired) electrons. The lowest BCUT2D eigenvalue weighted by Gasteiger charge is -2.31. The Bertz CT molecular complexity index is 1390. The molecule has 0 unspecified atom stereocenters. The van der Waals surface area contributed by atoms with E-state index in [1.807, 2.05) is 48.3 Å². The van der Waals surface area contributed by atoms with Crippen LogP contribution in [0.1, 0.15) is 22.3 Å². The second kappa shape index (κ2) is 9.12. The number of nitrogens with one attached hydrogen (secondary N) is 1. The number of nitrogens with zero attached hydrogens (tertiary/aromatic N) is 4. The molecule has 1 amide bonds. The highest BCUT2D eigenvalue weighted by Gasteiger charge is 2.23. The summed E-state index contributed by atoms with van der Waals surface area (Å²) < 4.78 is 0. The van der Waals surface area contributed by atoms with E-state index in [1.165, 1.54) is 5.56 Å². The van der Waals surface area contributed by atoms with Gasteiger partial charge in [0.25, 0.3) is 5.91 Å². The van der Waals surface area contributed by atoms with Gasteiger partial charge in [-0.25, -0.2) is 0 Å². The Balaban J connectivity index is 1.58. The van der Waals surface area contributed by atoms with Crippen LogP contribution in [-0.2, 0) is 6.42 Å². The Morgan fingerprint density at radius 1 is 1.06 bits per heavy atom. The molecule has 1 aliphatic heterocycles. The average Bonchev–Trinajstić information content (AvgIpc) is 2.82. The molecule has 6 nitrogen and oxygen atoms in total. The number of hydrogen-bond acceptors (Lipinski definition) is 5. The van der Waals surface area contributed by atoms with Gasteiger partial charge in [0.15, 0.2) is 0 Å². The second-order valence-electron chi connectivity index (χ2n) is 8.45. The third kappa shape index (κ3) is 4.15. The van der Waals surface area contributed by atoms with Crippen molar-refractivity contribution >= 4 is 51.4 Å².